The molecular formula is C27H48O2. The Labute approximate surface area is 180 Å². The maximum atomic E-state index is 11.4. The minimum atomic E-state index is -0.0879. The zero-order chi connectivity index (χ0) is 20.5. The van der Waals surface area contributed by atoms with Crippen molar-refractivity contribution in [2.45, 2.75) is 142 Å². The van der Waals surface area contributed by atoms with Crippen LogP contribution in [-0.4, -0.2) is 12.1 Å². The summed E-state index contributed by atoms with van der Waals surface area (Å²) in [6.45, 7) is 3.96. The molecule has 3 aliphatic rings. The van der Waals surface area contributed by atoms with E-state index in [4.69, 9.17) is 4.74 Å². The second kappa shape index (κ2) is 11.8. The predicted molar refractivity (Wildman–Crippen MR) is 122 cm³/mol. The van der Waals surface area contributed by atoms with Gasteiger partial charge >= 0.3 is 5.97 Å². The fourth-order valence-corrected chi connectivity index (χ4v) is 7.40. The van der Waals surface area contributed by atoms with Crippen LogP contribution >= 0.6 is 0 Å². The van der Waals surface area contributed by atoms with E-state index < -0.39 is 0 Å². The van der Waals surface area contributed by atoms with Crippen molar-refractivity contribution in [3.05, 3.63) is 0 Å². The van der Waals surface area contributed by atoms with Gasteiger partial charge in [-0.3, -0.25) is 4.79 Å². The van der Waals surface area contributed by atoms with Crippen LogP contribution in [0, 0.1) is 23.2 Å². The van der Waals surface area contributed by atoms with Crippen LogP contribution in [0.4, 0.5) is 0 Å². The normalized spacial score (nSPS) is 30.8. The largest absolute Gasteiger partial charge is 0.463 e. The molecule has 0 radical (unpaired) electrons. The number of esters is 1. The summed E-state index contributed by atoms with van der Waals surface area (Å²) >= 11 is 0. The highest BCUT2D eigenvalue weighted by molar-refractivity contribution is 5.66. The lowest BCUT2D eigenvalue weighted by Crippen LogP contribution is -2.38. The first-order valence-electron chi connectivity index (χ1n) is 13.3. The van der Waals surface area contributed by atoms with Crippen LogP contribution in [0.1, 0.15) is 136 Å². The van der Waals surface area contributed by atoms with E-state index in [-0.39, 0.29) is 12.1 Å². The Morgan fingerprint density at radius 2 is 1.52 bits per heavy atom. The van der Waals surface area contributed by atoms with Crippen molar-refractivity contribution < 1.29 is 9.53 Å². The average Bonchev–Trinajstić information content (AvgIpc) is 2.75. The third-order valence-electron chi connectivity index (χ3n) is 8.96. The van der Waals surface area contributed by atoms with E-state index in [2.05, 4.69) is 6.92 Å². The van der Waals surface area contributed by atoms with Crippen molar-refractivity contribution in [3.63, 3.8) is 0 Å². The van der Waals surface area contributed by atoms with Crippen LogP contribution in [0.25, 0.3) is 0 Å². The predicted octanol–water partition coefficient (Wildman–Crippen LogP) is 8.23. The molecule has 3 rings (SSSR count). The smallest absolute Gasteiger partial charge is 0.302 e. The summed E-state index contributed by atoms with van der Waals surface area (Å²) in [7, 11) is 0. The van der Waals surface area contributed by atoms with Gasteiger partial charge in [0.1, 0.15) is 6.10 Å². The lowest BCUT2D eigenvalue weighted by Gasteiger charge is -2.47. The van der Waals surface area contributed by atoms with E-state index in [9.17, 15) is 4.79 Å². The second-order valence-corrected chi connectivity index (χ2v) is 10.8. The van der Waals surface area contributed by atoms with Gasteiger partial charge < -0.3 is 4.74 Å². The Kier molecular flexibility index (Phi) is 9.38. The van der Waals surface area contributed by atoms with Crippen molar-refractivity contribution in [3.8, 4) is 0 Å². The Morgan fingerprint density at radius 3 is 2.10 bits per heavy atom. The Morgan fingerprint density at radius 1 is 0.897 bits per heavy atom. The van der Waals surface area contributed by atoms with Crippen LogP contribution in [0.5, 0.6) is 0 Å². The highest BCUT2D eigenvalue weighted by Crippen LogP contribution is 2.52. The van der Waals surface area contributed by atoms with E-state index in [1.165, 1.54) is 109 Å². The molecule has 168 valence electrons. The summed E-state index contributed by atoms with van der Waals surface area (Å²) in [6, 6.07) is 0. The number of rotatable bonds is 9. The minimum Gasteiger partial charge on any atom is -0.463 e. The summed E-state index contributed by atoms with van der Waals surface area (Å²) in [6.07, 6.45) is 26.9. The van der Waals surface area contributed by atoms with E-state index in [0.29, 0.717) is 5.41 Å². The van der Waals surface area contributed by atoms with Gasteiger partial charge in [0.15, 0.2) is 0 Å². The number of hydrogen-bond acceptors (Lipinski definition) is 2. The van der Waals surface area contributed by atoms with E-state index in [0.717, 1.165) is 30.6 Å². The molecule has 3 aliphatic carbocycles. The molecule has 0 heterocycles. The van der Waals surface area contributed by atoms with Crippen LogP contribution in [0.2, 0.25) is 0 Å². The van der Waals surface area contributed by atoms with Gasteiger partial charge in [0.05, 0.1) is 0 Å². The molecule has 2 heteroatoms. The van der Waals surface area contributed by atoms with Gasteiger partial charge in [-0.15, -0.1) is 0 Å². The zero-order valence-electron chi connectivity index (χ0n) is 19.6. The van der Waals surface area contributed by atoms with Gasteiger partial charge in [0.25, 0.3) is 0 Å². The lowest BCUT2D eigenvalue weighted by atomic mass is 9.59. The minimum absolute atomic E-state index is 0.0879. The quantitative estimate of drug-likeness (QED) is 0.362. The van der Waals surface area contributed by atoms with E-state index in [1.54, 1.807) is 6.92 Å². The number of ether oxygens (including phenoxy) is 1. The SMILES string of the molecule is CCCC(CCCC1(C2CCCCC2)CCC(OC(C)=O)CC1)C1CCCCC1. The molecule has 0 aromatic heterocycles. The average molecular weight is 405 g/mol. The second-order valence-electron chi connectivity index (χ2n) is 10.8. The first kappa shape index (κ1) is 23.1. The van der Waals surface area contributed by atoms with Crippen molar-refractivity contribution in [2.75, 3.05) is 0 Å². The molecule has 0 spiro atoms. The molecule has 3 saturated carbocycles. The molecule has 0 saturated heterocycles. The monoisotopic (exact) mass is 404 g/mol. The van der Waals surface area contributed by atoms with Crippen LogP contribution in [0.15, 0.2) is 0 Å². The topological polar surface area (TPSA) is 26.3 Å². The maximum Gasteiger partial charge on any atom is 0.302 e. The van der Waals surface area contributed by atoms with Gasteiger partial charge in [-0.05, 0) is 68.1 Å². The summed E-state index contributed by atoms with van der Waals surface area (Å²) < 4.78 is 5.59. The lowest BCUT2D eigenvalue weighted by molar-refractivity contribution is -0.150. The number of carbonyl (C=O) groups is 1. The summed E-state index contributed by atoms with van der Waals surface area (Å²) in [5.74, 6) is 2.86. The van der Waals surface area contributed by atoms with E-state index in [1.807, 2.05) is 0 Å². The first-order valence-corrected chi connectivity index (χ1v) is 13.3. The third kappa shape index (κ3) is 6.73. The molecule has 0 N–H and O–H groups in total. The van der Waals surface area contributed by atoms with Crippen molar-refractivity contribution in [2.24, 2.45) is 23.2 Å². The molecule has 0 bridgehead atoms. The fraction of sp³-hybridized carbons (Fsp3) is 0.963. The van der Waals surface area contributed by atoms with E-state index >= 15 is 0 Å². The van der Waals surface area contributed by atoms with Crippen LogP contribution in [-0.2, 0) is 9.53 Å². The highest BCUT2D eigenvalue weighted by Gasteiger charge is 2.42. The summed E-state index contributed by atoms with van der Waals surface area (Å²) in [5, 5.41) is 0. The fourth-order valence-electron chi connectivity index (χ4n) is 7.40. The molecule has 0 aromatic rings. The Balaban J connectivity index is 1.57. The Bertz CT molecular complexity index is 465. The maximum absolute atomic E-state index is 11.4. The number of carbonyl (C=O) groups excluding carboxylic acids is 1. The van der Waals surface area contributed by atoms with Gasteiger partial charge in [0, 0.05) is 6.92 Å². The van der Waals surface area contributed by atoms with Gasteiger partial charge in [-0.1, -0.05) is 84.0 Å². The molecular weight excluding hydrogens is 356 g/mol. The molecule has 2 nitrogen and oxygen atoms in total. The van der Waals surface area contributed by atoms with Gasteiger partial charge in [-0.25, -0.2) is 0 Å². The van der Waals surface area contributed by atoms with Crippen molar-refractivity contribution in [1.82, 2.24) is 0 Å². The molecule has 0 aliphatic heterocycles. The van der Waals surface area contributed by atoms with Crippen LogP contribution in [0.3, 0.4) is 0 Å². The van der Waals surface area contributed by atoms with Crippen molar-refractivity contribution in [1.29, 1.82) is 0 Å². The molecule has 29 heavy (non-hydrogen) atoms. The molecule has 1 unspecified atom stereocenters. The third-order valence-corrected chi connectivity index (χ3v) is 8.96. The van der Waals surface area contributed by atoms with Crippen LogP contribution < -0.4 is 0 Å². The first-order chi connectivity index (χ1) is 14.1. The standard InChI is InChI=1S/C27H48O2/c1-3-11-23(24-12-6-4-7-13-24)14-10-19-27(25-15-8-5-9-16-25)20-17-26(18-21-27)29-22(2)28/h23-26H,3-21H2,1-2H3. The molecule has 0 aromatic carbocycles. The van der Waals surface area contributed by atoms with Gasteiger partial charge in [0.2, 0.25) is 0 Å². The van der Waals surface area contributed by atoms with Gasteiger partial charge in [-0.2, -0.15) is 0 Å². The molecule has 3 fully saturated rings. The van der Waals surface area contributed by atoms with Crippen molar-refractivity contribution >= 4 is 5.97 Å². The molecule has 1 atom stereocenters. The highest BCUT2D eigenvalue weighted by atomic mass is 16.5. The number of hydrogen-bond donors (Lipinski definition) is 0. The Hall–Kier alpha value is -0.530. The molecule has 0 amide bonds. The summed E-state index contributed by atoms with van der Waals surface area (Å²) in [4.78, 5) is 11.4. The zero-order valence-corrected chi connectivity index (χ0v) is 19.6. The summed E-state index contributed by atoms with van der Waals surface area (Å²) in [5.41, 5.74) is 0.556.